The van der Waals surface area contributed by atoms with Crippen LogP contribution in [-0.4, -0.2) is 34.4 Å². The van der Waals surface area contributed by atoms with E-state index in [4.69, 9.17) is 9.31 Å². The van der Waals surface area contributed by atoms with Gasteiger partial charge < -0.3 is 14.4 Å². The van der Waals surface area contributed by atoms with Crippen LogP contribution in [0.3, 0.4) is 0 Å². The number of hydrogen-bond acceptors (Lipinski definition) is 4. The summed E-state index contributed by atoms with van der Waals surface area (Å²) >= 11 is 0. The lowest BCUT2D eigenvalue weighted by Crippen LogP contribution is -2.41. The zero-order valence-corrected chi connectivity index (χ0v) is 16.1. The fraction of sp³-hybridized carbons (Fsp3) is 0.500. The number of hydrogen-bond donors (Lipinski definition) is 1. The van der Waals surface area contributed by atoms with E-state index >= 15 is 0 Å². The highest BCUT2D eigenvalue weighted by Gasteiger charge is 2.51. The van der Waals surface area contributed by atoms with E-state index in [0.717, 1.165) is 22.1 Å². The van der Waals surface area contributed by atoms with Gasteiger partial charge in [0.2, 0.25) is 0 Å². The monoisotopic (exact) mass is 355 g/mol. The minimum absolute atomic E-state index is 0.374. The first kappa shape index (κ1) is 18.9. The maximum absolute atomic E-state index is 11.2. The Morgan fingerprint density at radius 3 is 2.38 bits per heavy atom. The number of carboxylic acid groups (broad SMARTS) is 1. The van der Waals surface area contributed by atoms with Crippen molar-refractivity contribution in [3.8, 4) is 0 Å². The lowest BCUT2D eigenvalue weighted by Gasteiger charge is -2.32. The Morgan fingerprint density at radius 1 is 1.15 bits per heavy atom. The fourth-order valence-corrected chi connectivity index (χ4v) is 3.08. The molecule has 1 saturated heterocycles. The molecule has 0 bridgehead atoms. The lowest BCUT2D eigenvalue weighted by atomic mass is 9.78. The van der Waals surface area contributed by atoms with Gasteiger partial charge in [-0.05, 0) is 57.1 Å². The number of carbonyl (C=O) groups is 1. The fourth-order valence-electron chi connectivity index (χ4n) is 3.08. The normalized spacial score (nSPS) is 19.7. The van der Waals surface area contributed by atoms with Crippen LogP contribution in [0.5, 0.6) is 0 Å². The van der Waals surface area contributed by atoms with Crippen molar-refractivity contribution in [1.29, 1.82) is 0 Å². The molecule has 0 amide bonds. The molecule has 138 valence electrons. The van der Waals surface area contributed by atoms with Gasteiger partial charge >= 0.3 is 13.1 Å². The van der Waals surface area contributed by atoms with Crippen molar-refractivity contribution in [3.05, 3.63) is 36.0 Å². The van der Waals surface area contributed by atoms with Crippen molar-refractivity contribution in [3.63, 3.8) is 0 Å². The summed E-state index contributed by atoms with van der Waals surface area (Å²) in [6.45, 7) is 10.0. The van der Waals surface area contributed by atoms with Crippen LogP contribution < -0.4 is 5.46 Å². The van der Waals surface area contributed by atoms with Gasteiger partial charge in [-0.15, -0.1) is 0 Å². The van der Waals surface area contributed by atoms with Gasteiger partial charge in [0.15, 0.2) is 0 Å². The standard InChI is InChI=1S/C20H26BNO4/c1-6-13(18(23)24)12-16-9-7-14-11-15(8-10-17(14)22-16)21-25-19(2,3)20(4,5)26-21/h7-11,13H,6,12H2,1-5H3,(H,23,24). The summed E-state index contributed by atoms with van der Waals surface area (Å²) in [6.07, 6.45) is 1.04. The molecular formula is C20H26BNO4. The predicted octanol–water partition coefficient (Wildman–Crippen LogP) is 3.19. The summed E-state index contributed by atoms with van der Waals surface area (Å²) in [4.78, 5) is 15.9. The molecule has 1 aliphatic heterocycles. The highest BCUT2D eigenvalue weighted by atomic mass is 16.7. The van der Waals surface area contributed by atoms with Gasteiger partial charge in [0, 0.05) is 12.1 Å². The van der Waals surface area contributed by atoms with Gasteiger partial charge in [-0.2, -0.15) is 0 Å². The molecule has 26 heavy (non-hydrogen) atoms. The Hall–Kier alpha value is -1.92. The number of nitrogens with zero attached hydrogens (tertiary/aromatic N) is 1. The highest BCUT2D eigenvalue weighted by Crippen LogP contribution is 2.36. The zero-order chi connectivity index (χ0) is 19.1. The minimum atomic E-state index is -0.773. The molecule has 6 heteroatoms. The van der Waals surface area contributed by atoms with Crippen LogP contribution in [0.1, 0.15) is 46.7 Å². The second kappa shape index (κ2) is 6.67. The maximum Gasteiger partial charge on any atom is 0.494 e. The smallest absolute Gasteiger partial charge is 0.481 e. The Morgan fingerprint density at radius 2 is 1.81 bits per heavy atom. The second-order valence-corrected chi connectivity index (χ2v) is 7.99. The number of aliphatic carboxylic acids is 1. The molecule has 3 rings (SSSR count). The van der Waals surface area contributed by atoms with E-state index in [1.807, 2.05) is 65.0 Å². The molecule has 1 N–H and O–H groups in total. The largest absolute Gasteiger partial charge is 0.494 e. The third kappa shape index (κ3) is 3.48. The molecule has 0 saturated carbocycles. The number of benzene rings is 1. The van der Waals surface area contributed by atoms with Gasteiger partial charge in [-0.3, -0.25) is 9.78 Å². The first-order chi connectivity index (χ1) is 12.1. The van der Waals surface area contributed by atoms with Crippen molar-refractivity contribution in [2.75, 3.05) is 0 Å². The second-order valence-electron chi connectivity index (χ2n) is 7.99. The average molecular weight is 355 g/mol. The SMILES string of the molecule is CCC(Cc1ccc2cc(B3OC(C)(C)C(C)(C)O3)ccc2n1)C(=O)O. The van der Waals surface area contributed by atoms with Crippen LogP contribution in [0, 0.1) is 5.92 Å². The van der Waals surface area contributed by atoms with Crippen molar-refractivity contribution in [2.45, 2.75) is 58.7 Å². The molecule has 1 aromatic carbocycles. The van der Waals surface area contributed by atoms with Crippen molar-refractivity contribution in [2.24, 2.45) is 5.92 Å². The maximum atomic E-state index is 11.2. The van der Waals surface area contributed by atoms with E-state index in [-0.39, 0.29) is 11.2 Å². The topological polar surface area (TPSA) is 68.7 Å². The number of carboxylic acids is 1. The van der Waals surface area contributed by atoms with Crippen LogP contribution in [0.15, 0.2) is 30.3 Å². The zero-order valence-electron chi connectivity index (χ0n) is 16.1. The molecule has 0 radical (unpaired) electrons. The Bertz CT molecular complexity index is 818. The molecule has 0 aliphatic carbocycles. The Balaban J connectivity index is 1.85. The van der Waals surface area contributed by atoms with Crippen molar-refractivity contribution >= 4 is 29.5 Å². The van der Waals surface area contributed by atoms with E-state index in [1.165, 1.54) is 0 Å². The minimum Gasteiger partial charge on any atom is -0.481 e. The van der Waals surface area contributed by atoms with Crippen LogP contribution in [-0.2, 0) is 20.5 Å². The first-order valence-corrected chi connectivity index (χ1v) is 9.11. The molecule has 5 nitrogen and oxygen atoms in total. The molecule has 2 aromatic rings. The average Bonchev–Trinajstić information content (AvgIpc) is 2.79. The van der Waals surface area contributed by atoms with Gasteiger partial charge in [0.1, 0.15) is 0 Å². The van der Waals surface area contributed by atoms with E-state index in [9.17, 15) is 9.90 Å². The number of fused-ring (bicyclic) bond motifs is 1. The molecule has 0 spiro atoms. The third-order valence-corrected chi connectivity index (χ3v) is 5.59. The summed E-state index contributed by atoms with van der Waals surface area (Å²) in [5.41, 5.74) is 1.86. The molecular weight excluding hydrogens is 329 g/mol. The van der Waals surface area contributed by atoms with E-state index in [1.54, 1.807) is 0 Å². The highest BCUT2D eigenvalue weighted by molar-refractivity contribution is 6.62. The number of pyridine rings is 1. The quantitative estimate of drug-likeness (QED) is 0.835. The van der Waals surface area contributed by atoms with E-state index < -0.39 is 19.0 Å². The Kier molecular flexibility index (Phi) is 4.84. The van der Waals surface area contributed by atoms with Gasteiger partial charge in [-0.25, -0.2) is 0 Å². The Labute approximate surface area is 154 Å². The molecule has 1 aromatic heterocycles. The van der Waals surface area contributed by atoms with Gasteiger partial charge in [-0.1, -0.05) is 25.1 Å². The van der Waals surface area contributed by atoms with Gasteiger partial charge in [0.25, 0.3) is 0 Å². The first-order valence-electron chi connectivity index (χ1n) is 9.11. The third-order valence-electron chi connectivity index (χ3n) is 5.59. The molecule has 1 unspecified atom stereocenters. The molecule has 1 fully saturated rings. The van der Waals surface area contributed by atoms with Gasteiger partial charge in [0.05, 0.1) is 22.6 Å². The number of aromatic nitrogens is 1. The summed E-state index contributed by atoms with van der Waals surface area (Å²) in [5.74, 6) is -1.17. The van der Waals surface area contributed by atoms with E-state index in [0.29, 0.717) is 12.8 Å². The molecule has 1 atom stereocenters. The van der Waals surface area contributed by atoms with E-state index in [2.05, 4.69) is 4.98 Å². The predicted molar refractivity (Wildman–Crippen MR) is 103 cm³/mol. The van der Waals surface area contributed by atoms with Crippen LogP contribution in [0.4, 0.5) is 0 Å². The molecule has 2 heterocycles. The van der Waals surface area contributed by atoms with Crippen molar-refractivity contribution < 1.29 is 19.2 Å². The lowest BCUT2D eigenvalue weighted by molar-refractivity contribution is -0.141. The van der Waals surface area contributed by atoms with Crippen molar-refractivity contribution in [1.82, 2.24) is 4.98 Å². The van der Waals surface area contributed by atoms with Crippen LogP contribution >= 0.6 is 0 Å². The molecule has 1 aliphatic rings. The van der Waals surface area contributed by atoms with Crippen LogP contribution in [0.2, 0.25) is 0 Å². The summed E-state index contributed by atoms with van der Waals surface area (Å²) in [6, 6.07) is 9.84. The van der Waals surface area contributed by atoms with Crippen LogP contribution in [0.25, 0.3) is 10.9 Å². The summed E-state index contributed by atoms with van der Waals surface area (Å²) in [5, 5.41) is 10.2. The number of rotatable bonds is 5. The summed E-state index contributed by atoms with van der Waals surface area (Å²) in [7, 11) is -0.402. The summed E-state index contributed by atoms with van der Waals surface area (Å²) < 4.78 is 12.2.